The van der Waals surface area contributed by atoms with Crippen LogP contribution in [-0.4, -0.2) is 18.1 Å². The van der Waals surface area contributed by atoms with E-state index < -0.39 is 0 Å². The summed E-state index contributed by atoms with van der Waals surface area (Å²) in [7, 11) is 0. The van der Waals surface area contributed by atoms with Gasteiger partial charge in [0.2, 0.25) is 0 Å². The molecule has 0 aromatic heterocycles. The highest BCUT2D eigenvalue weighted by atomic mass is 16.2. The SMILES string of the molecule is CCC1CCCCC1NC(=O)NC1CCC1. The maximum atomic E-state index is 11.8. The van der Waals surface area contributed by atoms with Crippen molar-refractivity contribution in [2.45, 2.75) is 70.4 Å². The summed E-state index contributed by atoms with van der Waals surface area (Å²) < 4.78 is 0. The van der Waals surface area contributed by atoms with Gasteiger partial charge in [0.05, 0.1) is 0 Å². The molecule has 92 valence electrons. The van der Waals surface area contributed by atoms with E-state index in [9.17, 15) is 4.79 Å². The number of hydrogen-bond donors (Lipinski definition) is 2. The van der Waals surface area contributed by atoms with Gasteiger partial charge in [0.15, 0.2) is 0 Å². The summed E-state index contributed by atoms with van der Waals surface area (Å²) >= 11 is 0. The van der Waals surface area contributed by atoms with Crippen molar-refractivity contribution in [1.29, 1.82) is 0 Å². The summed E-state index contributed by atoms with van der Waals surface area (Å²) in [6.45, 7) is 2.23. The third kappa shape index (κ3) is 2.89. The molecule has 16 heavy (non-hydrogen) atoms. The maximum Gasteiger partial charge on any atom is 0.315 e. The molecule has 0 aromatic carbocycles. The van der Waals surface area contributed by atoms with Crippen molar-refractivity contribution >= 4 is 6.03 Å². The van der Waals surface area contributed by atoms with Crippen LogP contribution < -0.4 is 10.6 Å². The second-order valence-corrected chi connectivity index (χ2v) is 5.30. The normalized spacial score (nSPS) is 30.6. The van der Waals surface area contributed by atoms with Crippen LogP contribution in [0.15, 0.2) is 0 Å². The smallest absolute Gasteiger partial charge is 0.315 e. The van der Waals surface area contributed by atoms with E-state index in [1.807, 2.05) is 0 Å². The molecule has 2 unspecified atom stereocenters. The van der Waals surface area contributed by atoms with Crippen LogP contribution in [0.25, 0.3) is 0 Å². The first-order chi connectivity index (χ1) is 7.79. The van der Waals surface area contributed by atoms with E-state index in [1.165, 1.54) is 32.1 Å². The van der Waals surface area contributed by atoms with Gasteiger partial charge in [-0.05, 0) is 38.0 Å². The lowest BCUT2D eigenvalue weighted by Gasteiger charge is -2.33. The predicted octanol–water partition coefficient (Wildman–Crippen LogP) is 2.81. The number of carbonyl (C=O) groups is 1. The van der Waals surface area contributed by atoms with E-state index in [1.54, 1.807) is 0 Å². The van der Waals surface area contributed by atoms with Gasteiger partial charge in [-0.2, -0.15) is 0 Å². The lowest BCUT2D eigenvalue weighted by molar-refractivity contribution is 0.206. The fourth-order valence-corrected chi connectivity index (χ4v) is 2.83. The average Bonchev–Trinajstić information content (AvgIpc) is 2.24. The van der Waals surface area contributed by atoms with Crippen LogP contribution in [-0.2, 0) is 0 Å². The standard InChI is InChI=1S/C13H24N2O/c1-2-10-6-3-4-9-12(10)15-13(16)14-11-7-5-8-11/h10-12H,2-9H2,1H3,(H2,14,15,16). The fraction of sp³-hybridized carbons (Fsp3) is 0.923. The van der Waals surface area contributed by atoms with Crippen LogP contribution in [0.5, 0.6) is 0 Å². The Labute approximate surface area is 98.4 Å². The highest BCUT2D eigenvalue weighted by Crippen LogP contribution is 2.26. The van der Waals surface area contributed by atoms with Gasteiger partial charge in [-0.15, -0.1) is 0 Å². The molecular weight excluding hydrogens is 200 g/mol. The molecule has 2 aliphatic carbocycles. The molecule has 0 bridgehead atoms. The summed E-state index contributed by atoms with van der Waals surface area (Å²) in [4.78, 5) is 11.8. The zero-order valence-corrected chi connectivity index (χ0v) is 10.3. The summed E-state index contributed by atoms with van der Waals surface area (Å²) in [5.41, 5.74) is 0. The first-order valence-electron chi connectivity index (χ1n) is 6.86. The maximum absolute atomic E-state index is 11.8. The minimum Gasteiger partial charge on any atom is -0.335 e. The van der Waals surface area contributed by atoms with Gasteiger partial charge in [0.25, 0.3) is 0 Å². The Bertz CT molecular complexity index is 238. The number of urea groups is 1. The second kappa shape index (κ2) is 5.55. The van der Waals surface area contributed by atoms with E-state index in [2.05, 4.69) is 17.6 Å². The lowest BCUT2D eigenvalue weighted by atomic mass is 9.83. The zero-order valence-electron chi connectivity index (χ0n) is 10.3. The van der Waals surface area contributed by atoms with E-state index in [0.29, 0.717) is 18.0 Å². The van der Waals surface area contributed by atoms with Crippen LogP contribution in [0.1, 0.15) is 58.3 Å². The first kappa shape index (κ1) is 11.7. The molecule has 0 saturated heterocycles. The summed E-state index contributed by atoms with van der Waals surface area (Å²) in [5, 5.41) is 6.23. The van der Waals surface area contributed by atoms with E-state index in [-0.39, 0.29) is 6.03 Å². The predicted molar refractivity (Wildman–Crippen MR) is 65.3 cm³/mol. The van der Waals surface area contributed by atoms with Gasteiger partial charge in [-0.25, -0.2) is 4.79 Å². The largest absolute Gasteiger partial charge is 0.335 e. The van der Waals surface area contributed by atoms with Crippen LogP contribution in [0.4, 0.5) is 4.79 Å². The number of hydrogen-bond acceptors (Lipinski definition) is 1. The van der Waals surface area contributed by atoms with Crippen molar-refractivity contribution in [2.75, 3.05) is 0 Å². The molecule has 3 nitrogen and oxygen atoms in total. The monoisotopic (exact) mass is 224 g/mol. The molecule has 2 rings (SSSR count). The Hall–Kier alpha value is -0.730. The Morgan fingerprint density at radius 2 is 1.81 bits per heavy atom. The average molecular weight is 224 g/mol. The molecule has 2 atom stereocenters. The van der Waals surface area contributed by atoms with Gasteiger partial charge in [0.1, 0.15) is 0 Å². The molecule has 0 spiro atoms. The molecule has 0 aliphatic heterocycles. The van der Waals surface area contributed by atoms with E-state index in [0.717, 1.165) is 19.3 Å². The van der Waals surface area contributed by atoms with Crippen LogP contribution in [0, 0.1) is 5.92 Å². The summed E-state index contributed by atoms with van der Waals surface area (Å²) in [6, 6.07) is 0.928. The Balaban J connectivity index is 1.75. The van der Waals surface area contributed by atoms with Crippen molar-refractivity contribution < 1.29 is 4.79 Å². The van der Waals surface area contributed by atoms with Gasteiger partial charge in [0, 0.05) is 12.1 Å². The number of amides is 2. The highest BCUT2D eigenvalue weighted by Gasteiger charge is 2.26. The topological polar surface area (TPSA) is 41.1 Å². The molecule has 3 heteroatoms. The first-order valence-corrected chi connectivity index (χ1v) is 6.86. The highest BCUT2D eigenvalue weighted by molar-refractivity contribution is 5.74. The summed E-state index contributed by atoms with van der Waals surface area (Å²) in [6.07, 6.45) is 9.83. The number of nitrogens with one attached hydrogen (secondary N) is 2. The van der Waals surface area contributed by atoms with Crippen molar-refractivity contribution in [1.82, 2.24) is 10.6 Å². The molecule has 0 radical (unpaired) electrons. The van der Waals surface area contributed by atoms with E-state index in [4.69, 9.17) is 0 Å². The van der Waals surface area contributed by atoms with Gasteiger partial charge in [-0.1, -0.05) is 26.2 Å². The third-order valence-corrected chi connectivity index (χ3v) is 4.19. The zero-order chi connectivity index (χ0) is 11.4. The Morgan fingerprint density at radius 1 is 1.06 bits per heavy atom. The Kier molecular flexibility index (Phi) is 4.08. The lowest BCUT2D eigenvalue weighted by Crippen LogP contribution is -2.50. The van der Waals surface area contributed by atoms with Crippen molar-refractivity contribution in [3.63, 3.8) is 0 Å². The molecular formula is C13H24N2O. The molecule has 2 saturated carbocycles. The molecule has 2 N–H and O–H groups in total. The molecule has 0 heterocycles. The van der Waals surface area contributed by atoms with Crippen LogP contribution in [0.2, 0.25) is 0 Å². The van der Waals surface area contributed by atoms with Gasteiger partial charge in [-0.3, -0.25) is 0 Å². The molecule has 0 aromatic rings. The third-order valence-electron chi connectivity index (χ3n) is 4.19. The molecule has 2 fully saturated rings. The van der Waals surface area contributed by atoms with Crippen molar-refractivity contribution in [3.8, 4) is 0 Å². The van der Waals surface area contributed by atoms with E-state index >= 15 is 0 Å². The van der Waals surface area contributed by atoms with Gasteiger partial charge >= 0.3 is 6.03 Å². The summed E-state index contributed by atoms with van der Waals surface area (Å²) in [5.74, 6) is 0.695. The van der Waals surface area contributed by atoms with Crippen LogP contribution >= 0.6 is 0 Å². The van der Waals surface area contributed by atoms with Crippen LogP contribution in [0.3, 0.4) is 0 Å². The number of carbonyl (C=O) groups excluding carboxylic acids is 1. The minimum absolute atomic E-state index is 0.0649. The van der Waals surface area contributed by atoms with Crippen molar-refractivity contribution in [2.24, 2.45) is 5.92 Å². The Morgan fingerprint density at radius 3 is 2.44 bits per heavy atom. The van der Waals surface area contributed by atoms with Crippen molar-refractivity contribution in [3.05, 3.63) is 0 Å². The number of rotatable bonds is 3. The quantitative estimate of drug-likeness (QED) is 0.760. The minimum atomic E-state index is 0.0649. The fourth-order valence-electron chi connectivity index (χ4n) is 2.83. The second-order valence-electron chi connectivity index (χ2n) is 5.30. The molecule has 2 amide bonds. The van der Waals surface area contributed by atoms with Gasteiger partial charge < -0.3 is 10.6 Å². The molecule has 2 aliphatic rings.